The average Bonchev–Trinajstić information content (AvgIpc) is 3.84. The molecule has 2 aliphatic carbocycles. The highest BCUT2D eigenvalue weighted by molar-refractivity contribution is 5.93. The van der Waals surface area contributed by atoms with Crippen LogP contribution in [0.1, 0.15) is 77.1 Å². The van der Waals surface area contributed by atoms with Crippen LogP contribution in [0, 0.1) is 11.7 Å². The van der Waals surface area contributed by atoms with Gasteiger partial charge in [-0.3, -0.25) is 14.6 Å². The summed E-state index contributed by atoms with van der Waals surface area (Å²) in [6, 6.07) is 13.0. The van der Waals surface area contributed by atoms with Crippen LogP contribution in [-0.4, -0.2) is 48.0 Å². The van der Waals surface area contributed by atoms with E-state index >= 15 is 4.39 Å². The number of carboxylic acids is 1. The molecule has 0 spiro atoms. The zero-order valence-corrected chi connectivity index (χ0v) is 20.8. The maximum atomic E-state index is 15.1. The Labute approximate surface area is 218 Å². The van der Waals surface area contributed by atoms with Crippen molar-refractivity contribution in [3.8, 4) is 11.3 Å². The fourth-order valence-electron chi connectivity index (χ4n) is 5.74. The van der Waals surface area contributed by atoms with Crippen LogP contribution >= 0.6 is 0 Å². The molecule has 3 atom stereocenters. The van der Waals surface area contributed by atoms with Crippen LogP contribution in [0.4, 0.5) is 4.39 Å². The van der Waals surface area contributed by atoms with Crippen LogP contribution < -0.4 is 0 Å². The molecule has 0 radical (unpaired) electrons. The standard InChI is InChI=1S/C29H26FN5O3/c1-15-18-5-3-2-4-16(18)8-9-34(15)28(36)25-12-26(17-6-7-17)35-27(32-25)13-24(33-35)21-14-31-23(11-22(21)30)19-10-20(19)29(37)38/h2-5,11-15,17,19-20H,6-10H2,1H3,(H,37,38)/t15-,19-,20?/m1/s1. The van der Waals surface area contributed by atoms with Gasteiger partial charge in [0.2, 0.25) is 0 Å². The first-order chi connectivity index (χ1) is 18.4. The highest BCUT2D eigenvalue weighted by Crippen LogP contribution is 2.47. The van der Waals surface area contributed by atoms with Gasteiger partial charge < -0.3 is 10.0 Å². The Hall–Kier alpha value is -4.14. The topological polar surface area (TPSA) is 101 Å². The number of rotatable bonds is 5. The normalized spacial score (nSPS) is 22.4. The number of hydrogen-bond donors (Lipinski definition) is 1. The Balaban J connectivity index is 1.23. The van der Waals surface area contributed by atoms with Crippen molar-refractivity contribution in [2.24, 2.45) is 5.92 Å². The molecule has 9 heteroatoms. The summed E-state index contributed by atoms with van der Waals surface area (Å²) in [6.45, 7) is 2.67. The van der Waals surface area contributed by atoms with Gasteiger partial charge in [-0.15, -0.1) is 0 Å². The number of pyridine rings is 1. The number of hydrogen-bond acceptors (Lipinski definition) is 5. The Morgan fingerprint density at radius 2 is 1.95 bits per heavy atom. The number of carbonyl (C=O) groups excluding carboxylic acids is 1. The molecule has 192 valence electrons. The lowest BCUT2D eigenvalue weighted by atomic mass is 9.93. The summed E-state index contributed by atoms with van der Waals surface area (Å²) in [5, 5.41) is 13.8. The lowest BCUT2D eigenvalue weighted by Gasteiger charge is -2.35. The summed E-state index contributed by atoms with van der Waals surface area (Å²) in [4.78, 5) is 35.8. The van der Waals surface area contributed by atoms with E-state index in [0.717, 1.165) is 30.5 Å². The summed E-state index contributed by atoms with van der Waals surface area (Å²) in [7, 11) is 0. The van der Waals surface area contributed by atoms with Gasteiger partial charge in [-0.25, -0.2) is 13.9 Å². The van der Waals surface area contributed by atoms with E-state index in [1.165, 1.54) is 17.8 Å². The van der Waals surface area contributed by atoms with E-state index in [1.54, 1.807) is 10.6 Å². The molecule has 1 aromatic carbocycles. The van der Waals surface area contributed by atoms with Crippen molar-refractivity contribution in [3.05, 3.63) is 82.7 Å². The molecule has 7 rings (SSSR count). The molecule has 1 unspecified atom stereocenters. The van der Waals surface area contributed by atoms with Gasteiger partial charge in [0, 0.05) is 42.0 Å². The van der Waals surface area contributed by atoms with Gasteiger partial charge >= 0.3 is 5.97 Å². The van der Waals surface area contributed by atoms with Gasteiger partial charge in [0.1, 0.15) is 11.5 Å². The summed E-state index contributed by atoms with van der Waals surface area (Å²) in [6.07, 6.45) is 4.71. The van der Waals surface area contributed by atoms with Crippen LogP contribution in [0.3, 0.4) is 0 Å². The molecule has 1 aliphatic heterocycles. The van der Waals surface area contributed by atoms with E-state index in [2.05, 4.69) is 27.2 Å². The third-order valence-electron chi connectivity index (χ3n) is 8.16. The molecule has 38 heavy (non-hydrogen) atoms. The first-order valence-corrected chi connectivity index (χ1v) is 13.1. The molecule has 3 aromatic heterocycles. The first kappa shape index (κ1) is 23.0. The highest BCUT2D eigenvalue weighted by Gasteiger charge is 2.45. The zero-order valence-electron chi connectivity index (χ0n) is 20.8. The van der Waals surface area contributed by atoms with Gasteiger partial charge in [-0.2, -0.15) is 5.10 Å². The number of aromatic nitrogens is 4. The quantitative estimate of drug-likeness (QED) is 0.415. The van der Waals surface area contributed by atoms with E-state index in [4.69, 9.17) is 0 Å². The molecular formula is C29H26FN5O3. The van der Waals surface area contributed by atoms with Crippen LogP contribution in [-0.2, 0) is 11.2 Å². The largest absolute Gasteiger partial charge is 0.481 e. The number of benzene rings is 1. The van der Waals surface area contributed by atoms with Gasteiger partial charge in [0.25, 0.3) is 5.91 Å². The molecule has 2 fully saturated rings. The van der Waals surface area contributed by atoms with Gasteiger partial charge in [0.05, 0.1) is 23.2 Å². The van der Waals surface area contributed by atoms with Crippen molar-refractivity contribution in [1.29, 1.82) is 0 Å². The fourth-order valence-corrected chi connectivity index (χ4v) is 5.74. The Bertz CT molecular complexity index is 1630. The predicted octanol–water partition coefficient (Wildman–Crippen LogP) is 4.76. The minimum atomic E-state index is -0.881. The molecule has 4 heterocycles. The average molecular weight is 512 g/mol. The third-order valence-corrected chi connectivity index (χ3v) is 8.16. The van der Waals surface area contributed by atoms with Gasteiger partial charge in [0.15, 0.2) is 5.65 Å². The molecule has 4 aromatic rings. The molecule has 8 nitrogen and oxygen atoms in total. The molecular weight excluding hydrogens is 485 g/mol. The summed E-state index contributed by atoms with van der Waals surface area (Å²) < 4.78 is 16.9. The number of amides is 1. The summed E-state index contributed by atoms with van der Waals surface area (Å²) in [5.74, 6) is -1.96. The number of nitrogens with zero attached hydrogens (tertiary/aromatic N) is 5. The lowest BCUT2D eigenvalue weighted by Crippen LogP contribution is -2.39. The van der Waals surface area contributed by atoms with Crippen molar-refractivity contribution in [1.82, 2.24) is 24.5 Å². The third kappa shape index (κ3) is 3.76. The smallest absolute Gasteiger partial charge is 0.307 e. The summed E-state index contributed by atoms with van der Waals surface area (Å²) in [5.41, 5.74) is 5.26. The number of fused-ring (bicyclic) bond motifs is 2. The minimum Gasteiger partial charge on any atom is -0.481 e. The molecule has 1 amide bonds. The predicted molar refractivity (Wildman–Crippen MR) is 136 cm³/mol. The van der Waals surface area contributed by atoms with Crippen molar-refractivity contribution in [2.45, 2.75) is 50.5 Å². The van der Waals surface area contributed by atoms with Crippen LogP contribution in [0.2, 0.25) is 0 Å². The lowest BCUT2D eigenvalue weighted by molar-refractivity contribution is -0.138. The van der Waals surface area contributed by atoms with E-state index in [0.29, 0.717) is 35.7 Å². The van der Waals surface area contributed by atoms with Gasteiger partial charge in [-0.1, -0.05) is 24.3 Å². The first-order valence-electron chi connectivity index (χ1n) is 13.1. The molecule has 1 N–H and O–H groups in total. The maximum Gasteiger partial charge on any atom is 0.307 e. The zero-order chi connectivity index (χ0) is 26.1. The van der Waals surface area contributed by atoms with E-state index in [-0.39, 0.29) is 29.3 Å². The Morgan fingerprint density at radius 3 is 2.68 bits per heavy atom. The minimum absolute atomic E-state index is 0.0544. The number of halogens is 1. The second-order valence-corrected chi connectivity index (χ2v) is 10.6. The van der Waals surface area contributed by atoms with Crippen LogP contribution in [0.25, 0.3) is 16.9 Å². The van der Waals surface area contributed by atoms with E-state index in [9.17, 15) is 14.7 Å². The maximum absolute atomic E-state index is 15.1. The highest BCUT2D eigenvalue weighted by atomic mass is 19.1. The van der Waals surface area contributed by atoms with Gasteiger partial charge in [-0.05, 0) is 55.9 Å². The van der Waals surface area contributed by atoms with Crippen molar-refractivity contribution < 1.29 is 19.1 Å². The molecule has 2 saturated carbocycles. The summed E-state index contributed by atoms with van der Waals surface area (Å²) >= 11 is 0. The Kier molecular flexibility index (Phi) is 5.11. The number of aliphatic carboxylic acids is 1. The second kappa shape index (κ2) is 8.44. The van der Waals surface area contributed by atoms with Crippen LogP contribution in [0.15, 0.2) is 48.7 Å². The Morgan fingerprint density at radius 1 is 1.13 bits per heavy atom. The number of carboxylic acid groups (broad SMARTS) is 1. The second-order valence-electron chi connectivity index (χ2n) is 10.6. The SMILES string of the molecule is C[C@@H]1c2ccccc2CCN1C(=O)c1cc(C2CC2)n2nc(-c3cnc([C@@H]4CC4C(=O)O)cc3F)cc2n1. The monoisotopic (exact) mass is 511 g/mol. The molecule has 0 bridgehead atoms. The van der Waals surface area contributed by atoms with Crippen molar-refractivity contribution >= 4 is 17.5 Å². The molecule has 3 aliphatic rings. The van der Waals surface area contributed by atoms with Crippen LogP contribution in [0.5, 0.6) is 0 Å². The van der Waals surface area contributed by atoms with E-state index < -0.39 is 17.7 Å². The van der Waals surface area contributed by atoms with Crippen molar-refractivity contribution in [2.75, 3.05) is 6.54 Å². The number of carbonyl (C=O) groups is 2. The van der Waals surface area contributed by atoms with E-state index in [1.807, 2.05) is 30.0 Å². The fraction of sp³-hybridized carbons (Fsp3) is 0.345. The molecule has 0 saturated heterocycles. The van der Waals surface area contributed by atoms with Crippen molar-refractivity contribution in [3.63, 3.8) is 0 Å².